The number of fused-ring (bicyclic) bond motifs is 1. The predicted octanol–water partition coefficient (Wildman–Crippen LogP) is 2.70. The van der Waals surface area contributed by atoms with Crippen LogP contribution in [0.2, 0.25) is 0 Å². The second-order valence-corrected chi connectivity index (χ2v) is 5.30. The molecule has 0 saturated carbocycles. The first-order chi connectivity index (χ1) is 9.06. The quantitative estimate of drug-likeness (QED) is 0.779. The number of carboxylic acid groups (broad SMARTS) is 1. The molecule has 0 unspecified atom stereocenters. The summed E-state index contributed by atoms with van der Waals surface area (Å²) in [6.07, 6.45) is 1.75. The van der Waals surface area contributed by atoms with Crippen molar-refractivity contribution in [2.75, 3.05) is 0 Å². The molecule has 6 heteroatoms. The highest BCUT2D eigenvalue weighted by Gasteiger charge is 2.15. The Hall–Kier alpha value is -2.21. The average Bonchev–Trinajstić information content (AvgIpc) is 2.93. The summed E-state index contributed by atoms with van der Waals surface area (Å²) in [5, 5.41) is 9.77. The van der Waals surface area contributed by atoms with Crippen molar-refractivity contribution in [1.29, 1.82) is 0 Å². The number of aromatic nitrogens is 3. The van der Waals surface area contributed by atoms with E-state index < -0.39 is 5.97 Å². The maximum Gasteiger partial charge on any atom is 0.347 e. The molecule has 0 atom stereocenters. The van der Waals surface area contributed by atoms with Crippen molar-refractivity contribution in [3.8, 4) is 10.6 Å². The predicted molar refractivity (Wildman–Crippen MR) is 73.5 cm³/mol. The van der Waals surface area contributed by atoms with E-state index in [0.29, 0.717) is 10.7 Å². The highest BCUT2D eigenvalue weighted by Crippen LogP contribution is 2.29. The minimum atomic E-state index is -0.930. The van der Waals surface area contributed by atoms with Gasteiger partial charge in [-0.2, -0.15) is 0 Å². The van der Waals surface area contributed by atoms with Gasteiger partial charge in [0.2, 0.25) is 0 Å². The molecule has 1 aromatic carbocycles. The van der Waals surface area contributed by atoms with Crippen molar-refractivity contribution in [3.05, 3.63) is 35.1 Å². The smallest absolute Gasteiger partial charge is 0.347 e. The van der Waals surface area contributed by atoms with E-state index in [2.05, 4.69) is 9.97 Å². The van der Waals surface area contributed by atoms with E-state index in [0.717, 1.165) is 16.6 Å². The van der Waals surface area contributed by atoms with Crippen molar-refractivity contribution in [2.24, 2.45) is 7.05 Å². The van der Waals surface area contributed by atoms with E-state index in [1.807, 2.05) is 29.8 Å². The molecule has 3 rings (SSSR count). The lowest BCUT2D eigenvalue weighted by Crippen LogP contribution is -1.94. The van der Waals surface area contributed by atoms with Gasteiger partial charge in [0.15, 0.2) is 0 Å². The fourth-order valence-corrected chi connectivity index (χ4v) is 2.89. The lowest BCUT2D eigenvalue weighted by atomic mass is 10.2. The first-order valence-corrected chi connectivity index (χ1v) is 6.50. The highest BCUT2D eigenvalue weighted by atomic mass is 32.1. The molecule has 2 heterocycles. The molecule has 0 aliphatic heterocycles. The SMILES string of the molecule is Cc1nc(-c2ccc3c(c2)ncn3C)sc1C(=O)O. The van der Waals surface area contributed by atoms with Gasteiger partial charge in [0, 0.05) is 12.6 Å². The molecule has 2 aromatic heterocycles. The van der Waals surface area contributed by atoms with Gasteiger partial charge in [-0.3, -0.25) is 0 Å². The number of hydrogen-bond acceptors (Lipinski definition) is 4. The van der Waals surface area contributed by atoms with E-state index in [-0.39, 0.29) is 4.88 Å². The Morgan fingerprint density at radius 3 is 2.89 bits per heavy atom. The van der Waals surface area contributed by atoms with Gasteiger partial charge in [0.05, 0.1) is 23.1 Å². The summed E-state index contributed by atoms with van der Waals surface area (Å²) >= 11 is 1.19. The molecular weight excluding hydrogens is 262 g/mol. The van der Waals surface area contributed by atoms with Gasteiger partial charge >= 0.3 is 5.97 Å². The summed E-state index contributed by atoms with van der Waals surface area (Å²) in [6.45, 7) is 1.71. The monoisotopic (exact) mass is 273 g/mol. The molecule has 0 saturated heterocycles. The fourth-order valence-electron chi connectivity index (χ4n) is 1.99. The third kappa shape index (κ3) is 1.90. The summed E-state index contributed by atoms with van der Waals surface area (Å²) < 4.78 is 1.94. The van der Waals surface area contributed by atoms with Gasteiger partial charge in [-0.15, -0.1) is 11.3 Å². The topological polar surface area (TPSA) is 68.0 Å². The molecule has 96 valence electrons. The lowest BCUT2D eigenvalue weighted by Gasteiger charge is -1.97. The van der Waals surface area contributed by atoms with Crippen LogP contribution in [0.4, 0.5) is 0 Å². The van der Waals surface area contributed by atoms with Crippen LogP contribution in [-0.4, -0.2) is 25.6 Å². The molecule has 0 aliphatic carbocycles. The van der Waals surface area contributed by atoms with Crippen LogP contribution < -0.4 is 0 Å². The number of carbonyl (C=O) groups is 1. The van der Waals surface area contributed by atoms with Gasteiger partial charge in [0.25, 0.3) is 0 Å². The number of thiazole rings is 1. The first-order valence-electron chi connectivity index (χ1n) is 5.68. The number of nitrogens with zero attached hydrogens (tertiary/aromatic N) is 3. The van der Waals surface area contributed by atoms with Crippen molar-refractivity contribution >= 4 is 28.3 Å². The van der Waals surface area contributed by atoms with Crippen LogP contribution in [0.25, 0.3) is 21.6 Å². The summed E-state index contributed by atoms with van der Waals surface area (Å²) in [5.41, 5.74) is 3.36. The van der Waals surface area contributed by atoms with Crippen molar-refractivity contribution < 1.29 is 9.90 Å². The van der Waals surface area contributed by atoms with Crippen molar-refractivity contribution in [2.45, 2.75) is 6.92 Å². The van der Waals surface area contributed by atoms with Gasteiger partial charge in [-0.25, -0.2) is 14.8 Å². The number of imidazole rings is 1. The number of aromatic carboxylic acids is 1. The van der Waals surface area contributed by atoms with E-state index >= 15 is 0 Å². The van der Waals surface area contributed by atoms with Crippen molar-refractivity contribution in [1.82, 2.24) is 14.5 Å². The zero-order chi connectivity index (χ0) is 13.6. The molecule has 0 bridgehead atoms. The van der Waals surface area contributed by atoms with Crippen LogP contribution in [-0.2, 0) is 7.05 Å². The summed E-state index contributed by atoms with van der Waals surface area (Å²) in [5.74, 6) is -0.930. The van der Waals surface area contributed by atoms with E-state index in [1.54, 1.807) is 13.3 Å². The Labute approximate surface area is 113 Å². The molecular formula is C13H11N3O2S. The summed E-state index contributed by atoms with van der Waals surface area (Å²) in [7, 11) is 1.94. The molecule has 0 fully saturated rings. The Bertz CT molecular complexity index is 788. The second kappa shape index (κ2) is 4.17. The molecule has 0 aliphatic rings. The van der Waals surface area contributed by atoms with Crippen LogP contribution in [0.5, 0.6) is 0 Å². The van der Waals surface area contributed by atoms with Crippen molar-refractivity contribution in [3.63, 3.8) is 0 Å². The number of rotatable bonds is 2. The Balaban J connectivity index is 2.13. The van der Waals surface area contributed by atoms with Gasteiger partial charge in [0.1, 0.15) is 9.88 Å². The lowest BCUT2D eigenvalue weighted by molar-refractivity contribution is 0.0701. The van der Waals surface area contributed by atoms with Crippen LogP contribution in [0.3, 0.4) is 0 Å². The number of aryl methyl sites for hydroxylation is 2. The minimum absolute atomic E-state index is 0.288. The number of carboxylic acids is 1. The Morgan fingerprint density at radius 2 is 2.21 bits per heavy atom. The molecule has 5 nitrogen and oxygen atoms in total. The highest BCUT2D eigenvalue weighted by molar-refractivity contribution is 7.17. The Kier molecular flexibility index (Phi) is 2.60. The maximum atomic E-state index is 11.0. The molecule has 3 aromatic rings. The molecule has 1 N–H and O–H groups in total. The standard InChI is InChI=1S/C13H11N3O2S/c1-7-11(13(17)18)19-12(15-7)8-3-4-10-9(5-8)14-6-16(10)2/h3-6H,1-2H3,(H,17,18). The van der Waals surface area contributed by atoms with E-state index in [1.165, 1.54) is 11.3 Å². The van der Waals surface area contributed by atoms with Crippen LogP contribution in [0, 0.1) is 6.92 Å². The van der Waals surface area contributed by atoms with E-state index in [4.69, 9.17) is 5.11 Å². The molecule has 0 spiro atoms. The van der Waals surface area contributed by atoms with Crippen LogP contribution in [0.15, 0.2) is 24.5 Å². The van der Waals surface area contributed by atoms with Gasteiger partial charge in [-0.05, 0) is 25.1 Å². The zero-order valence-electron chi connectivity index (χ0n) is 10.4. The Morgan fingerprint density at radius 1 is 1.42 bits per heavy atom. The molecule has 0 amide bonds. The maximum absolute atomic E-state index is 11.0. The van der Waals surface area contributed by atoms with Crippen LogP contribution >= 0.6 is 11.3 Å². The zero-order valence-corrected chi connectivity index (χ0v) is 11.2. The summed E-state index contributed by atoms with van der Waals surface area (Å²) in [4.78, 5) is 19.9. The number of benzene rings is 1. The number of hydrogen-bond donors (Lipinski definition) is 1. The molecule has 0 radical (unpaired) electrons. The van der Waals surface area contributed by atoms with Gasteiger partial charge in [-0.1, -0.05) is 0 Å². The third-order valence-electron chi connectivity index (χ3n) is 2.96. The average molecular weight is 273 g/mol. The third-order valence-corrected chi connectivity index (χ3v) is 4.16. The minimum Gasteiger partial charge on any atom is -0.477 e. The van der Waals surface area contributed by atoms with Gasteiger partial charge < -0.3 is 9.67 Å². The van der Waals surface area contributed by atoms with Crippen LogP contribution in [0.1, 0.15) is 15.4 Å². The van der Waals surface area contributed by atoms with E-state index in [9.17, 15) is 4.79 Å². The summed E-state index contributed by atoms with van der Waals surface area (Å²) in [6, 6.07) is 5.84. The second-order valence-electron chi connectivity index (χ2n) is 4.30. The normalized spacial score (nSPS) is 11.1. The first kappa shape index (κ1) is 11.9. The fraction of sp³-hybridized carbons (Fsp3) is 0.154. The molecule has 19 heavy (non-hydrogen) atoms. The largest absolute Gasteiger partial charge is 0.477 e.